The van der Waals surface area contributed by atoms with Crippen molar-refractivity contribution < 1.29 is 14.3 Å². The zero-order valence-electron chi connectivity index (χ0n) is 9.82. The molecule has 0 spiro atoms. The number of ether oxygens (including phenoxy) is 2. The van der Waals surface area contributed by atoms with Gasteiger partial charge in [0.1, 0.15) is 5.75 Å². The van der Waals surface area contributed by atoms with Crippen molar-refractivity contribution in [2.45, 2.75) is 26.9 Å². The summed E-state index contributed by atoms with van der Waals surface area (Å²) in [5, 5.41) is 2.63. The van der Waals surface area contributed by atoms with Crippen molar-refractivity contribution >= 4 is 11.8 Å². The fourth-order valence-electron chi connectivity index (χ4n) is 1.20. The van der Waals surface area contributed by atoms with Gasteiger partial charge in [-0.3, -0.25) is 5.32 Å². The smallest absolute Gasteiger partial charge is 0.411 e. The molecule has 1 aromatic carbocycles. The van der Waals surface area contributed by atoms with E-state index < -0.39 is 6.09 Å². The summed E-state index contributed by atoms with van der Waals surface area (Å²) in [6.45, 7) is 5.97. The van der Waals surface area contributed by atoms with E-state index in [9.17, 15) is 4.79 Å². The van der Waals surface area contributed by atoms with Gasteiger partial charge in [-0.15, -0.1) is 0 Å². The largest absolute Gasteiger partial charge is 0.489 e. The predicted molar refractivity (Wildman–Crippen MR) is 62.9 cm³/mol. The van der Waals surface area contributed by atoms with Gasteiger partial charge < -0.3 is 9.47 Å². The average molecular weight is 223 g/mol. The van der Waals surface area contributed by atoms with E-state index in [2.05, 4.69) is 5.32 Å². The van der Waals surface area contributed by atoms with Crippen LogP contribution in [0.5, 0.6) is 5.75 Å². The van der Waals surface area contributed by atoms with Crippen molar-refractivity contribution in [3.05, 3.63) is 24.3 Å². The lowest BCUT2D eigenvalue weighted by Crippen LogP contribution is -2.15. The molecule has 88 valence electrons. The molecule has 16 heavy (non-hydrogen) atoms. The first-order valence-corrected chi connectivity index (χ1v) is 5.33. The maximum Gasteiger partial charge on any atom is 0.411 e. The Hall–Kier alpha value is -1.71. The molecule has 0 saturated carbocycles. The second-order valence-electron chi connectivity index (χ2n) is 3.51. The van der Waals surface area contributed by atoms with E-state index in [-0.39, 0.29) is 6.10 Å². The first-order chi connectivity index (χ1) is 7.63. The van der Waals surface area contributed by atoms with Gasteiger partial charge in [-0.05, 0) is 32.9 Å². The highest BCUT2D eigenvalue weighted by atomic mass is 16.5. The summed E-state index contributed by atoms with van der Waals surface area (Å²) in [7, 11) is 0. The Labute approximate surface area is 95.6 Å². The molecule has 1 amide bonds. The van der Waals surface area contributed by atoms with Crippen LogP contribution in [0.15, 0.2) is 24.3 Å². The van der Waals surface area contributed by atoms with Gasteiger partial charge >= 0.3 is 6.09 Å². The highest BCUT2D eigenvalue weighted by Gasteiger charge is 2.08. The van der Waals surface area contributed by atoms with Crippen molar-refractivity contribution in [2.24, 2.45) is 0 Å². The molecule has 0 aliphatic heterocycles. The van der Waals surface area contributed by atoms with Crippen molar-refractivity contribution in [1.29, 1.82) is 0 Å². The number of nitrogens with one attached hydrogen (secondary N) is 1. The average Bonchev–Trinajstić information content (AvgIpc) is 2.20. The Morgan fingerprint density at radius 1 is 1.38 bits per heavy atom. The van der Waals surface area contributed by atoms with Crippen molar-refractivity contribution in [1.82, 2.24) is 0 Å². The van der Waals surface area contributed by atoms with E-state index in [0.29, 0.717) is 18.0 Å². The van der Waals surface area contributed by atoms with Crippen LogP contribution in [0.3, 0.4) is 0 Å². The molecular weight excluding hydrogens is 206 g/mol. The van der Waals surface area contributed by atoms with Crippen LogP contribution in [0.1, 0.15) is 20.8 Å². The first kappa shape index (κ1) is 12.4. The van der Waals surface area contributed by atoms with E-state index in [4.69, 9.17) is 9.47 Å². The molecule has 0 aliphatic carbocycles. The van der Waals surface area contributed by atoms with Gasteiger partial charge in [-0.1, -0.05) is 12.1 Å². The molecule has 0 aromatic heterocycles. The van der Waals surface area contributed by atoms with Crippen molar-refractivity contribution in [3.8, 4) is 5.75 Å². The lowest BCUT2D eigenvalue weighted by molar-refractivity contribution is 0.167. The van der Waals surface area contributed by atoms with Crippen LogP contribution < -0.4 is 10.1 Å². The molecule has 0 radical (unpaired) electrons. The Bertz CT molecular complexity index is 350. The number of benzene rings is 1. The second-order valence-corrected chi connectivity index (χ2v) is 3.51. The summed E-state index contributed by atoms with van der Waals surface area (Å²) in [4.78, 5) is 11.3. The van der Waals surface area contributed by atoms with E-state index in [1.807, 2.05) is 32.0 Å². The lowest BCUT2D eigenvalue weighted by atomic mass is 10.3. The maximum absolute atomic E-state index is 11.3. The zero-order chi connectivity index (χ0) is 12.0. The first-order valence-electron chi connectivity index (χ1n) is 5.33. The number of rotatable bonds is 4. The number of anilines is 1. The number of para-hydroxylation sites is 2. The normalized spacial score (nSPS) is 10.0. The third kappa shape index (κ3) is 3.81. The van der Waals surface area contributed by atoms with E-state index in [1.165, 1.54) is 0 Å². The summed E-state index contributed by atoms with van der Waals surface area (Å²) in [6, 6.07) is 7.26. The molecule has 0 saturated heterocycles. The Kier molecular flexibility index (Phi) is 4.64. The Balaban J connectivity index is 2.74. The highest BCUT2D eigenvalue weighted by molar-refractivity contribution is 5.86. The summed E-state index contributed by atoms with van der Waals surface area (Å²) < 4.78 is 10.4. The lowest BCUT2D eigenvalue weighted by Gasteiger charge is -2.14. The fourth-order valence-corrected chi connectivity index (χ4v) is 1.20. The molecule has 0 atom stereocenters. The number of hydrogen-bond acceptors (Lipinski definition) is 3. The predicted octanol–water partition coefficient (Wildman–Crippen LogP) is 3.04. The maximum atomic E-state index is 11.3. The standard InChI is InChI=1S/C12H17NO3/c1-4-15-12(14)13-10-7-5-6-8-11(10)16-9(2)3/h5-9H,4H2,1-3H3,(H,13,14). The molecule has 0 heterocycles. The van der Waals surface area contributed by atoms with Gasteiger partial charge in [0.25, 0.3) is 0 Å². The number of hydrogen-bond donors (Lipinski definition) is 1. The van der Waals surface area contributed by atoms with Crippen LogP contribution >= 0.6 is 0 Å². The Morgan fingerprint density at radius 2 is 2.06 bits per heavy atom. The number of amides is 1. The van der Waals surface area contributed by atoms with Gasteiger partial charge in [0.15, 0.2) is 0 Å². The topological polar surface area (TPSA) is 47.6 Å². The van der Waals surface area contributed by atoms with Crippen LogP contribution in [0, 0.1) is 0 Å². The number of carbonyl (C=O) groups excluding carboxylic acids is 1. The highest BCUT2D eigenvalue weighted by Crippen LogP contribution is 2.24. The van der Waals surface area contributed by atoms with Crippen molar-refractivity contribution in [3.63, 3.8) is 0 Å². The van der Waals surface area contributed by atoms with E-state index in [1.54, 1.807) is 13.0 Å². The minimum absolute atomic E-state index is 0.0603. The minimum Gasteiger partial charge on any atom is -0.489 e. The van der Waals surface area contributed by atoms with E-state index in [0.717, 1.165) is 0 Å². The fraction of sp³-hybridized carbons (Fsp3) is 0.417. The molecule has 0 unspecified atom stereocenters. The molecular formula is C12H17NO3. The summed E-state index contributed by atoms with van der Waals surface area (Å²) in [5.41, 5.74) is 0.620. The van der Waals surface area contributed by atoms with Gasteiger partial charge in [0.2, 0.25) is 0 Å². The quantitative estimate of drug-likeness (QED) is 0.853. The van der Waals surface area contributed by atoms with Gasteiger partial charge in [-0.25, -0.2) is 4.79 Å². The molecule has 4 heteroatoms. The number of carbonyl (C=O) groups is 1. The molecule has 1 aromatic rings. The van der Waals surface area contributed by atoms with Crippen molar-refractivity contribution in [2.75, 3.05) is 11.9 Å². The van der Waals surface area contributed by atoms with Gasteiger partial charge in [0, 0.05) is 0 Å². The summed E-state index contributed by atoms with van der Waals surface area (Å²) >= 11 is 0. The molecule has 0 fully saturated rings. The van der Waals surface area contributed by atoms with Crippen LogP contribution in [0.2, 0.25) is 0 Å². The monoisotopic (exact) mass is 223 g/mol. The third-order valence-electron chi connectivity index (χ3n) is 1.76. The van der Waals surface area contributed by atoms with E-state index >= 15 is 0 Å². The van der Waals surface area contributed by atoms with Gasteiger partial charge in [-0.2, -0.15) is 0 Å². The van der Waals surface area contributed by atoms with Gasteiger partial charge in [0.05, 0.1) is 18.4 Å². The molecule has 1 N–H and O–H groups in total. The molecule has 4 nitrogen and oxygen atoms in total. The van der Waals surface area contributed by atoms with Crippen LogP contribution in [-0.2, 0) is 4.74 Å². The summed E-state index contributed by atoms with van der Waals surface area (Å²) in [5.74, 6) is 0.644. The van der Waals surface area contributed by atoms with Crippen LogP contribution in [0.4, 0.5) is 10.5 Å². The third-order valence-corrected chi connectivity index (χ3v) is 1.76. The zero-order valence-corrected chi connectivity index (χ0v) is 9.82. The Morgan fingerprint density at radius 3 is 2.69 bits per heavy atom. The molecule has 1 rings (SSSR count). The second kappa shape index (κ2) is 6.00. The minimum atomic E-state index is -0.470. The SMILES string of the molecule is CCOC(=O)Nc1ccccc1OC(C)C. The molecule has 0 aliphatic rings. The van der Waals surface area contributed by atoms with Crippen LogP contribution in [0.25, 0.3) is 0 Å². The summed E-state index contributed by atoms with van der Waals surface area (Å²) in [6.07, 6.45) is -0.410. The van der Waals surface area contributed by atoms with Crippen LogP contribution in [-0.4, -0.2) is 18.8 Å². The molecule has 0 bridgehead atoms.